The fraction of sp³-hybridized carbons (Fsp3) is 0.727. The van der Waals surface area contributed by atoms with Gasteiger partial charge in [0.15, 0.2) is 0 Å². The zero-order valence-electron chi connectivity index (χ0n) is 10.6. The van der Waals surface area contributed by atoms with Crippen molar-refractivity contribution in [2.75, 3.05) is 12.8 Å². The quantitative estimate of drug-likeness (QED) is 0.849. The molecule has 2 rings (SSSR count). The Kier molecular flexibility index (Phi) is 4.11. The van der Waals surface area contributed by atoms with Gasteiger partial charge in [-0.2, -0.15) is 11.8 Å². The van der Waals surface area contributed by atoms with E-state index in [4.69, 9.17) is 0 Å². The molecule has 0 aromatic carbocycles. The lowest BCUT2D eigenvalue weighted by Crippen LogP contribution is -2.36. The second-order valence-corrected chi connectivity index (χ2v) is 6.06. The van der Waals surface area contributed by atoms with Crippen LogP contribution in [0, 0.1) is 0 Å². The SMILES string of the molecule is CCSC1CCC(N(C)C(=O)c2n[nH]c(=O)[nH]2)C1. The van der Waals surface area contributed by atoms with E-state index in [2.05, 4.69) is 22.1 Å². The van der Waals surface area contributed by atoms with Gasteiger partial charge in [-0.3, -0.25) is 9.78 Å². The summed E-state index contributed by atoms with van der Waals surface area (Å²) in [4.78, 5) is 27.1. The molecular formula is C11H18N4O2S. The topological polar surface area (TPSA) is 81.8 Å². The van der Waals surface area contributed by atoms with E-state index in [1.54, 1.807) is 11.9 Å². The summed E-state index contributed by atoms with van der Waals surface area (Å²) >= 11 is 1.95. The van der Waals surface area contributed by atoms with Gasteiger partial charge in [0, 0.05) is 18.3 Å². The molecular weight excluding hydrogens is 252 g/mol. The second kappa shape index (κ2) is 5.60. The molecule has 6 nitrogen and oxygen atoms in total. The minimum absolute atomic E-state index is 0.0918. The molecule has 2 atom stereocenters. The fourth-order valence-corrected chi connectivity index (χ4v) is 3.49. The van der Waals surface area contributed by atoms with E-state index in [-0.39, 0.29) is 17.8 Å². The molecule has 1 saturated carbocycles. The van der Waals surface area contributed by atoms with Crippen molar-refractivity contribution in [2.24, 2.45) is 0 Å². The number of thioether (sulfide) groups is 1. The Bertz CT molecular complexity index is 470. The van der Waals surface area contributed by atoms with Crippen molar-refractivity contribution in [1.82, 2.24) is 20.1 Å². The van der Waals surface area contributed by atoms with E-state index in [0.717, 1.165) is 25.0 Å². The summed E-state index contributed by atoms with van der Waals surface area (Å²) in [5.74, 6) is 0.983. The second-order valence-electron chi connectivity index (χ2n) is 4.49. The van der Waals surface area contributed by atoms with E-state index < -0.39 is 5.69 Å². The van der Waals surface area contributed by atoms with Crippen molar-refractivity contribution >= 4 is 17.7 Å². The summed E-state index contributed by atoms with van der Waals surface area (Å²) in [6.45, 7) is 2.15. The van der Waals surface area contributed by atoms with Crippen molar-refractivity contribution in [3.63, 3.8) is 0 Å². The largest absolute Gasteiger partial charge is 0.341 e. The van der Waals surface area contributed by atoms with E-state index in [1.807, 2.05) is 11.8 Å². The highest BCUT2D eigenvalue weighted by Crippen LogP contribution is 2.32. The smallest absolute Gasteiger partial charge is 0.336 e. The summed E-state index contributed by atoms with van der Waals surface area (Å²) in [6, 6.07) is 0.252. The molecule has 2 unspecified atom stereocenters. The van der Waals surface area contributed by atoms with Crippen LogP contribution in [0.2, 0.25) is 0 Å². The first-order valence-corrected chi connectivity index (χ1v) is 7.20. The van der Waals surface area contributed by atoms with Crippen LogP contribution < -0.4 is 5.69 Å². The van der Waals surface area contributed by atoms with Crippen molar-refractivity contribution in [3.05, 3.63) is 16.3 Å². The molecule has 7 heteroatoms. The molecule has 0 bridgehead atoms. The van der Waals surface area contributed by atoms with Crippen LogP contribution in [0.4, 0.5) is 0 Å². The van der Waals surface area contributed by atoms with Crippen LogP contribution in [0.25, 0.3) is 0 Å². The molecule has 0 saturated heterocycles. The standard InChI is InChI=1S/C11H18N4O2S/c1-3-18-8-5-4-7(6-8)15(2)10(16)9-12-11(17)14-13-9/h7-8H,3-6H2,1-2H3,(H2,12,13,14,17). The van der Waals surface area contributed by atoms with Crippen molar-refractivity contribution in [2.45, 2.75) is 37.5 Å². The molecule has 1 aliphatic rings. The number of H-pyrrole nitrogens is 2. The molecule has 1 aromatic heterocycles. The lowest BCUT2D eigenvalue weighted by Gasteiger charge is -2.23. The highest BCUT2D eigenvalue weighted by molar-refractivity contribution is 7.99. The molecule has 0 spiro atoms. The monoisotopic (exact) mass is 270 g/mol. The zero-order valence-corrected chi connectivity index (χ0v) is 11.4. The van der Waals surface area contributed by atoms with Gasteiger partial charge in [0.2, 0.25) is 5.82 Å². The van der Waals surface area contributed by atoms with Gasteiger partial charge in [0.05, 0.1) is 0 Å². The maximum absolute atomic E-state index is 12.1. The molecule has 1 heterocycles. The van der Waals surface area contributed by atoms with Crippen LogP contribution in [0.15, 0.2) is 4.79 Å². The number of nitrogens with zero attached hydrogens (tertiary/aromatic N) is 2. The summed E-state index contributed by atoms with van der Waals surface area (Å²) < 4.78 is 0. The maximum atomic E-state index is 12.1. The Labute approximate surface area is 110 Å². The first kappa shape index (κ1) is 13.2. The van der Waals surface area contributed by atoms with Gasteiger partial charge in [-0.05, 0) is 25.0 Å². The molecule has 0 aliphatic heterocycles. The highest BCUT2D eigenvalue weighted by atomic mass is 32.2. The third-order valence-corrected chi connectivity index (χ3v) is 4.56. The lowest BCUT2D eigenvalue weighted by atomic mass is 10.2. The first-order chi connectivity index (χ1) is 8.61. The number of hydrogen-bond acceptors (Lipinski definition) is 4. The molecule has 2 N–H and O–H groups in total. The Morgan fingerprint density at radius 1 is 1.56 bits per heavy atom. The first-order valence-electron chi connectivity index (χ1n) is 6.15. The van der Waals surface area contributed by atoms with E-state index in [9.17, 15) is 9.59 Å². The van der Waals surface area contributed by atoms with Crippen LogP contribution in [-0.2, 0) is 0 Å². The summed E-state index contributed by atoms with van der Waals surface area (Å²) in [5.41, 5.74) is -0.447. The van der Waals surface area contributed by atoms with Gasteiger partial charge in [-0.25, -0.2) is 9.89 Å². The van der Waals surface area contributed by atoms with Crippen molar-refractivity contribution in [1.29, 1.82) is 0 Å². The highest BCUT2D eigenvalue weighted by Gasteiger charge is 2.31. The summed E-state index contributed by atoms with van der Waals surface area (Å²) in [7, 11) is 1.78. The van der Waals surface area contributed by atoms with Crippen LogP contribution >= 0.6 is 11.8 Å². The van der Waals surface area contributed by atoms with E-state index >= 15 is 0 Å². The number of hydrogen-bond donors (Lipinski definition) is 2. The van der Waals surface area contributed by atoms with Crippen molar-refractivity contribution in [3.8, 4) is 0 Å². The van der Waals surface area contributed by atoms with Crippen LogP contribution in [0.5, 0.6) is 0 Å². The minimum atomic E-state index is -0.447. The predicted molar refractivity (Wildman–Crippen MR) is 70.9 cm³/mol. The number of nitrogens with one attached hydrogen (secondary N) is 2. The van der Waals surface area contributed by atoms with Crippen LogP contribution in [-0.4, -0.2) is 50.1 Å². The molecule has 18 heavy (non-hydrogen) atoms. The van der Waals surface area contributed by atoms with Crippen LogP contribution in [0.1, 0.15) is 36.8 Å². The molecule has 1 aromatic rings. The third kappa shape index (κ3) is 2.77. The number of carbonyl (C=O) groups excluding carboxylic acids is 1. The normalized spacial score (nSPS) is 23.2. The number of rotatable bonds is 4. The van der Waals surface area contributed by atoms with Crippen molar-refractivity contribution < 1.29 is 4.79 Å². The van der Waals surface area contributed by atoms with E-state index in [1.165, 1.54) is 0 Å². The maximum Gasteiger partial charge on any atom is 0.341 e. The molecule has 1 aliphatic carbocycles. The summed E-state index contributed by atoms with van der Waals surface area (Å²) in [6.07, 6.45) is 3.20. The number of aromatic nitrogens is 3. The average molecular weight is 270 g/mol. The number of carbonyl (C=O) groups is 1. The summed E-state index contributed by atoms with van der Waals surface area (Å²) in [5, 5.41) is 6.53. The molecule has 100 valence electrons. The number of amides is 1. The Morgan fingerprint density at radius 3 is 2.94 bits per heavy atom. The third-order valence-electron chi connectivity index (χ3n) is 3.33. The average Bonchev–Trinajstić information content (AvgIpc) is 2.97. The Morgan fingerprint density at radius 2 is 2.33 bits per heavy atom. The van der Waals surface area contributed by atoms with Gasteiger partial charge in [0.1, 0.15) is 0 Å². The van der Waals surface area contributed by atoms with Gasteiger partial charge in [-0.15, -0.1) is 5.10 Å². The molecule has 0 radical (unpaired) electrons. The predicted octanol–water partition coefficient (Wildman–Crippen LogP) is 0.844. The lowest BCUT2D eigenvalue weighted by molar-refractivity contribution is 0.0723. The van der Waals surface area contributed by atoms with Gasteiger partial charge in [-0.1, -0.05) is 6.92 Å². The number of aromatic amines is 2. The Balaban J connectivity index is 1.97. The molecule has 1 fully saturated rings. The molecule has 1 amide bonds. The van der Waals surface area contributed by atoms with Gasteiger partial charge < -0.3 is 4.90 Å². The van der Waals surface area contributed by atoms with Gasteiger partial charge >= 0.3 is 5.69 Å². The Hall–Kier alpha value is -1.24. The zero-order chi connectivity index (χ0) is 13.1. The van der Waals surface area contributed by atoms with E-state index in [0.29, 0.717) is 5.25 Å². The van der Waals surface area contributed by atoms with Gasteiger partial charge in [0.25, 0.3) is 5.91 Å². The minimum Gasteiger partial charge on any atom is -0.336 e. The fourth-order valence-electron chi connectivity index (χ4n) is 2.36. The van der Waals surface area contributed by atoms with Crippen LogP contribution in [0.3, 0.4) is 0 Å².